The lowest BCUT2D eigenvalue weighted by Crippen LogP contribution is -2.28. The van der Waals surface area contributed by atoms with Crippen LogP contribution in [-0.4, -0.2) is 36.6 Å². The first-order valence-electron chi connectivity index (χ1n) is 10.0. The van der Waals surface area contributed by atoms with E-state index in [0.29, 0.717) is 27.5 Å². The minimum atomic E-state index is -1.07. The van der Waals surface area contributed by atoms with Crippen LogP contribution in [0.1, 0.15) is 20.8 Å². The fourth-order valence-corrected chi connectivity index (χ4v) is 4.27. The average Bonchev–Trinajstić information content (AvgIpc) is 3.53. The second kappa shape index (κ2) is 8.64. The van der Waals surface area contributed by atoms with Gasteiger partial charge >= 0.3 is 6.09 Å². The van der Waals surface area contributed by atoms with Crippen LogP contribution in [0.2, 0.25) is 0 Å². The molecule has 1 amide bonds. The SMILES string of the molecule is O=C(c1cccs1)c1cnn2c(-c3cccc(N(Cc4cccnc4)C(=O)O)c3)ccnc12. The Kier molecular flexibility index (Phi) is 5.37. The quantitative estimate of drug-likeness (QED) is 0.370. The fraction of sp³-hybridized carbons (Fsp3) is 0.0417. The Morgan fingerprint density at radius 3 is 2.70 bits per heavy atom. The first-order chi connectivity index (χ1) is 16.1. The molecule has 1 aromatic carbocycles. The Hall–Kier alpha value is -4.37. The van der Waals surface area contributed by atoms with Crippen molar-refractivity contribution in [2.24, 2.45) is 0 Å². The van der Waals surface area contributed by atoms with Crippen molar-refractivity contribution in [3.63, 3.8) is 0 Å². The zero-order chi connectivity index (χ0) is 22.8. The van der Waals surface area contributed by atoms with Gasteiger partial charge in [0, 0.05) is 29.8 Å². The highest BCUT2D eigenvalue weighted by atomic mass is 32.1. The molecular weight excluding hydrogens is 438 g/mol. The fourth-order valence-electron chi connectivity index (χ4n) is 3.59. The van der Waals surface area contributed by atoms with E-state index < -0.39 is 6.09 Å². The van der Waals surface area contributed by atoms with Crippen molar-refractivity contribution in [3.8, 4) is 11.3 Å². The number of rotatable bonds is 6. The second-order valence-electron chi connectivity index (χ2n) is 7.21. The van der Waals surface area contributed by atoms with Gasteiger partial charge in [-0.1, -0.05) is 24.3 Å². The predicted octanol–water partition coefficient (Wildman–Crippen LogP) is 4.77. The summed E-state index contributed by atoms with van der Waals surface area (Å²) in [6, 6.07) is 16.2. The monoisotopic (exact) mass is 455 g/mol. The van der Waals surface area contributed by atoms with Crippen LogP contribution in [0.4, 0.5) is 10.5 Å². The van der Waals surface area contributed by atoms with Gasteiger partial charge in [-0.05, 0) is 41.3 Å². The molecule has 9 heteroatoms. The summed E-state index contributed by atoms with van der Waals surface area (Å²) >= 11 is 1.37. The van der Waals surface area contributed by atoms with E-state index >= 15 is 0 Å². The number of hydrogen-bond donors (Lipinski definition) is 1. The van der Waals surface area contributed by atoms with Gasteiger partial charge in [-0.25, -0.2) is 14.3 Å². The van der Waals surface area contributed by atoms with E-state index in [2.05, 4.69) is 15.1 Å². The number of hydrogen-bond acceptors (Lipinski definition) is 6. The third-order valence-corrected chi connectivity index (χ3v) is 6.01. The number of carboxylic acid groups (broad SMARTS) is 1. The minimum Gasteiger partial charge on any atom is -0.465 e. The summed E-state index contributed by atoms with van der Waals surface area (Å²) in [4.78, 5) is 35.2. The average molecular weight is 455 g/mol. The van der Waals surface area contributed by atoms with Gasteiger partial charge in [0.1, 0.15) is 0 Å². The van der Waals surface area contributed by atoms with Crippen molar-refractivity contribution in [3.05, 3.63) is 101 Å². The molecule has 4 aromatic heterocycles. The maximum absolute atomic E-state index is 12.9. The molecule has 0 saturated heterocycles. The number of thiophene rings is 1. The van der Waals surface area contributed by atoms with Gasteiger partial charge in [-0.15, -0.1) is 11.3 Å². The third kappa shape index (κ3) is 3.97. The summed E-state index contributed by atoms with van der Waals surface area (Å²) < 4.78 is 1.60. The van der Waals surface area contributed by atoms with Gasteiger partial charge in [0.15, 0.2) is 5.65 Å². The summed E-state index contributed by atoms with van der Waals surface area (Å²) in [5.74, 6) is -0.132. The van der Waals surface area contributed by atoms with Crippen molar-refractivity contribution in [1.82, 2.24) is 19.6 Å². The molecule has 0 spiro atoms. The van der Waals surface area contributed by atoms with Gasteiger partial charge in [0.25, 0.3) is 0 Å². The number of carbonyl (C=O) groups excluding carboxylic acids is 1. The lowest BCUT2D eigenvalue weighted by atomic mass is 10.1. The number of aromatic nitrogens is 4. The molecule has 162 valence electrons. The number of carbonyl (C=O) groups is 2. The highest BCUT2D eigenvalue weighted by Gasteiger charge is 2.20. The van der Waals surface area contributed by atoms with Crippen LogP contribution in [0.15, 0.2) is 84.8 Å². The van der Waals surface area contributed by atoms with E-state index in [0.717, 1.165) is 11.1 Å². The third-order valence-electron chi connectivity index (χ3n) is 5.14. The number of anilines is 1. The summed E-state index contributed by atoms with van der Waals surface area (Å²) in [6.07, 6.45) is 5.35. The van der Waals surface area contributed by atoms with Gasteiger partial charge in [-0.2, -0.15) is 5.10 Å². The van der Waals surface area contributed by atoms with Gasteiger partial charge < -0.3 is 5.11 Å². The molecule has 0 aliphatic rings. The number of pyridine rings is 1. The first kappa shape index (κ1) is 20.5. The molecular formula is C24H17N5O3S. The molecule has 4 heterocycles. The van der Waals surface area contributed by atoms with Gasteiger partial charge in [0.05, 0.1) is 28.9 Å². The van der Waals surface area contributed by atoms with Crippen LogP contribution >= 0.6 is 11.3 Å². The normalized spacial score (nSPS) is 10.9. The van der Waals surface area contributed by atoms with Gasteiger partial charge in [-0.3, -0.25) is 14.7 Å². The summed E-state index contributed by atoms with van der Waals surface area (Å²) in [6.45, 7) is 0.166. The number of ketones is 1. The Bertz CT molecular complexity index is 1450. The maximum Gasteiger partial charge on any atom is 0.412 e. The number of fused-ring (bicyclic) bond motifs is 1. The number of benzene rings is 1. The van der Waals surface area contributed by atoms with Crippen molar-refractivity contribution in [2.45, 2.75) is 6.54 Å². The smallest absolute Gasteiger partial charge is 0.412 e. The van der Waals surface area contributed by atoms with E-state index in [-0.39, 0.29) is 12.3 Å². The Balaban J connectivity index is 1.54. The zero-order valence-corrected chi connectivity index (χ0v) is 18.0. The van der Waals surface area contributed by atoms with Crippen molar-refractivity contribution in [2.75, 3.05) is 4.90 Å². The largest absolute Gasteiger partial charge is 0.465 e. The molecule has 33 heavy (non-hydrogen) atoms. The lowest BCUT2D eigenvalue weighted by molar-refractivity contribution is 0.104. The highest BCUT2D eigenvalue weighted by molar-refractivity contribution is 7.12. The molecule has 0 bridgehead atoms. The van der Waals surface area contributed by atoms with E-state index in [4.69, 9.17) is 0 Å². The lowest BCUT2D eigenvalue weighted by Gasteiger charge is -2.20. The van der Waals surface area contributed by atoms with Crippen molar-refractivity contribution >= 4 is 34.5 Å². The van der Waals surface area contributed by atoms with Crippen LogP contribution in [0.3, 0.4) is 0 Å². The topological polar surface area (TPSA) is 101 Å². The van der Waals surface area contributed by atoms with Crippen LogP contribution in [0.5, 0.6) is 0 Å². The molecule has 0 atom stereocenters. The molecule has 5 rings (SSSR count). The molecule has 0 radical (unpaired) electrons. The van der Waals surface area contributed by atoms with Crippen LogP contribution in [0.25, 0.3) is 16.9 Å². The van der Waals surface area contributed by atoms with Gasteiger partial charge in [0.2, 0.25) is 5.78 Å². The van der Waals surface area contributed by atoms with E-state index in [1.165, 1.54) is 22.4 Å². The molecule has 0 aliphatic carbocycles. The minimum absolute atomic E-state index is 0.132. The Labute approximate surface area is 192 Å². The molecule has 5 aromatic rings. The first-order valence-corrected chi connectivity index (χ1v) is 10.9. The van der Waals surface area contributed by atoms with E-state index in [1.54, 1.807) is 59.5 Å². The Morgan fingerprint density at radius 2 is 1.94 bits per heavy atom. The molecule has 8 nitrogen and oxygen atoms in total. The van der Waals surface area contributed by atoms with Crippen LogP contribution in [-0.2, 0) is 6.54 Å². The van der Waals surface area contributed by atoms with E-state index in [9.17, 15) is 14.7 Å². The number of nitrogens with zero attached hydrogens (tertiary/aromatic N) is 5. The maximum atomic E-state index is 12.9. The Morgan fingerprint density at radius 1 is 1.03 bits per heavy atom. The molecule has 0 aliphatic heterocycles. The highest BCUT2D eigenvalue weighted by Crippen LogP contribution is 2.27. The predicted molar refractivity (Wildman–Crippen MR) is 125 cm³/mol. The summed E-state index contributed by atoms with van der Waals surface area (Å²) in [7, 11) is 0. The van der Waals surface area contributed by atoms with E-state index in [1.807, 2.05) is 23.6 Å². The zero-order valence-electron chi connectivity index (χ0n) is 17.2. The van der Waals surface area contributed by atoms with Crippen molar-refractivity contribution < 1.29 is 14.7 Å². The van der Waals surface area contributed by atoms with Crippen molar-refractivity contribution in [1.29, 1.82) is 0 Å². The summed E-state index contributed by atoms with van der Waals surface area (Å²) in [5.41, 5.74) is 3.59. The van der Waals surface area contributed by atoms with Crippen LogP contribution < -0.4 is 4.90 Å². The molecule has 0 fully saturated rings. The molecule has 1 N–H and O–H groups in total. The second-order valence-corrected chi connectivity index (χ2v) is 8.16. The standard InChI is InChI=1S/C24H17N5O3S/c30-22(21-7-3-11-33-21)19-14-27-29-20(8-10-26-23(19)29)17-5-1-6-18(12-17)28(24(31)32)15-16-4-2-9-25-13-16/h1-14H,15H2,(H,31,32). The molecule has 0 unspecified atom stereocenters. The van der Waals surface area contributed by atoms with Crippen LogP contribution in [0, 0.1) is 0 Å². The molecule has 0 saturated carbocycles. The summed E-state index contributed by atoms with van der Waals surface area (Å²) in [5, 5.41) is 16.1. The number of amides is 1.